The van der Waals surface area contributed by atoms with Crippen LogP contribution in [-0.4, -0.2) is 34.9 Å². The molecule has 2 amide bonds. The van der Waals surface area contributed by atoms with Crippen molar-refractivity contribution in [1.29, 1.82) is 0 Å². The largest absolute Gasteiger partial charge is 0.483 e. The van der Waals surface area contributed by atoms with Crippen LogP contribution in [0, 0.1) is 0 Å². The van der Waals surface area contributed by atoms with Gasteiger partial charge in [-0.1, -0.05) is 50.6 Å². The van der Waals surface area contributed by atoms with Gasteiger partial charge in [0.05, 0.1) is 4.47 Å². The molecule has 2 aromatic carbocycles. The Morgan fingerprint density at radius 1 is 1.09 bits per heavy atom. The van der Waals surface area contributed by atoms with E-state index in [4.69, 9.17) is 16.3 Å². The van der Waals surface area contributed by atoms with E-state index in [1.165, 1.54) is 4.90 Å². The van der Waals surface area contributed by atoms with Gasteiger partial charge in [-0.2, -0.15) is 0 Å². The highest BCUT2D eigenvalue weighted by Crippen LogP contribution is 2.31. The van der Waals surface area contributed by atoms with Gasteiger partial charge in [-0.3, -0.25) is 9.59 Å². The molecule has 0 spiro atoms. The summed E-state index contributed by atoms with van der Waals surface area (Å²) in [6, 6.07) is 12.4. The number of nitrogens with zero attached hydrogens (tertiary/aromatic N) is 1. The molecule has 1 N–H and O–H groups in total. The number of carbonyl (C=O) groups excluding carboxylic acids is 2. The van der Waals surface area contributed by atoms with Crippen molar-refractivity contribution in [3.63, 3.8) is 0 Å². The van der Waals surface area contributed by atoms with Crippen LogP contribution in [0.15, 0.2) is 46.9 Å². The lowest BCUT2D eigenvalue weighted by atomic mass is 9.87. The highest BCUT2D eigenvalue weighted by molar-refractivity contribution is 9.10. The average Bonchev–Trinajstić information content (AvgIpc) is 2.68. The third-order valence-electron chi connectivity index (χ3n) is 5.06. The average molecular weight is 538 g/mol. The van der Waals surface area contributed by atoms with Gasteiger partial charge in [0, 0.05) is 17.1 Å². The molecule has 0 aromatic heterocycles. The molecular formula is C26H34BrClN2O3. The summed E-state index contributed by atoms with van der Waals surface area (Å²) in [4.78, 5) is 27.6. The number of halogens is 2. The molecule has 0 bridgehead atoms. The van der Waals surface area contributed by atoms with Gasteiger partial charge in [0.15, 0.2) is 6.61 Å². The van der Waals surface area contributed by atoms with Gasteiger partial charge in [-0.25, -0.2) is 0 Å². The highest BCUT2D eigenvalue weighted by atomic mass is 79.9. The molecule has 1 unspecified atom stereocenters. The van der Waals surface area contributed by atoms with Gasteiger partial charge in [0.1, 0.15) is 11.8 Å². The lowest BCUT2D eigenvalue weighted by Crippen LogP contribution is -2.53. The maximum atomic E-state index is 13.2. The van der Waals surface area contributed by atoms with Gasteiger partial charge in [-0.15, -0.1) is 0 Å². The fraction of sp³-hybridized carbons (Fsp3) is 0.462. The number of carbonyl (C=O) groups is 2. The Morgan fingerprint density at radius 3 is 2.30 bits per heavy atom. The molecule has 180 valence electrons. The molecule has 0 saturated heterocycles. The molecule has 1 atom stereocenters. The first-order valence-electron chi connectivity index (χ1n) is 11.0. The zero-order chi connectivity index (χ0) is 25.0. The second-order valence-corrected chi connectivity index (χ2v) is 11.5. The Labute approximate surface area is 211 Å². The van der Waals surface area contributed by atoms with E-state index in [-0.39, 0.29) is 30.4 Å². The minimum atomic E-state index is -0.689. The first-order chi connectivity index (χ1) is 15.2. The van der Waals surface area contributed by atoms with Crippen LogP contribution in [0.3, 0.4) is 0 Å². The van der Waals surface area contributed by atoms with E-state index in [9.17, 15) is 9.59 Å². The van der Waals surface area contributed by atoms with Gasteiger partial charge in [0.2, 0.25) is 5.91 Å². The maximum absolute atomic E-state index is 13.2. The summed E-state index contributed by atoms with van der Waals surface area (Å²) in [5, 5.41) is 3.52. The third kappa shape index (κ3) is 8.35. The summed E-state index contributed by atoms with van der Waals surface area (Å²) < 4.78 is 6.62. The monoisotopic (exact) mass is 536 g/mol. The van der Waals surface area contributed by atoms with Crippen molar-refractivity contribution in [3.05, 3.63) is 63.1 Å². The van der Waals surface area contributed by atoms with Crippen LogP contribution in [0.1, 0.15) is 59.6 Å². The fourth-order valence-electron chi connectivity index (χ4n) is 3.20. The predicted molar refractivity (Wildman–Crippen MR) is 138 cm³/mol. The Kier molecular flexibility index (Phi) is 9.00. The summed E-state index contributed by atoms with van der Waals surface area (Å²) in [6.45, 7) is 13.9. The van der Waals surface area contributed by atoms with Crippen molar-refractivity contribution in [1.82, 2.24) is 10.2 Å². The van der Waals surface area contributed by atoms with Crippen molar-refractivity contribution in [2.45, 2.75) is 72.0 Å². The molecule has 33 heavy (non-hydrogen) atoms. The number of amides is 2. The predicted octanol–water partition coefficient (Wildman–Crippen LogP) is 6.11. The molecule has 0 saturated carbocycles. The van der Waals surface area contributed by atoms with E-state index in [2.05, 4.69) is 42.0 Å². The van der Waals surface area contributed by atoms with E-state index >= 15 is 0 Å². The SMILES string of the molecule is CC(C(=O)NC(C)(C)C)N(Cc1cccc(Cl)c1)C(=O)COc1ccc(C(C)(C)C)cc1Br. The Hall–Kier alpha value is -2.05. The highest BCUT2D eigenvalue weighted by Gasteiger charge is 2.29. The summed E-state index contributed by atoms with van der Waals surface area (Å²) >= 11 is 9.67. The molecule has 0 aliphatic carbocycles. The van der Waals surface area contributed by atoms with Crippen molar-refractivity contribution in [2.24, 2.45) is 0 Å². The molecule has 2 rings (SSSR count). The Bertz CT molecular complexity index is 996. The minimum Gasteiger partial charge on any atom is -0.483 e. The van der Waals surface area contributed by atoms with Crippen LogP contribution in [0.4, 0.5) is 0 Å². The standard InChI is InChI=1S/C26H34BrClN2O3/c1-17(24(32)29-26(5,6)7)30(15-18-9-8-10-20(28)13-18)23(31)16-33-22-12-11-19(14-21(22)27)25(2,3)4/h8-14,17H,15-16H2,1-7H3,(H,29,32). The number of rotatable bonds is 7. The van der Waals surface area contributed by atoms with E-state index in [0.717, 1.165) is 15.6 Å². The van der Waals surface area contributed by atoms with Crippen LogP contribution < -0.4 is 10.1 Å². The molecule has 0 fully saturated rings. The summed E-state index contributed by atoms with van der Waals surface area (Å²) in [6.07, 6.45) is 0. The quantitative estimate of drug-likeness (QED) is 0.463. The lowest BCUT2D eigenvalue weighted by Gasteiger charge is -2.31. The zero-order valence-corrected chi connectivity index (χ0v) is 22.8. The second kappa shape index (κ2) is 10.9. The third-order valence-corrected chi connectivity index (χ3v) is 5.91. The fourth-order valence-corrected chi connectivity index (χ4v) is 3.90. The first kappa shape index (κ1) is 27.2. The van der Waals surface area contributed by atoms with Crippen LogP contribution in [0.2, 0.25) is 5.02 Å². The Morgan fingerprint density at radius 2 is 1.76 bits per heavy atom. The van der Waals surface area contributed by atoms with Gasteiger partial charge in [-0.05, 0) is 84.4 Å². The Balaban J connectivity index is 2.21. The molecule has 7 heteroatoms. The van der Waals surface area contributed by atoms with E-state index < -0.39 is 11.6 Å². The molecule has 5 nitrogen and oxygen atoms in total. The molecule has 2 aromatic rings. The van der Waals surface area contributed by atoms with Crippen LogP contribution in [0.25, 0.3) is 0 Å². The summed E-state index contributed by atoms with van der Waals surface area (Å²) in [5.74, 6) is 0.0535. The normalized spacial score (nSPS) is 12.8. The van der Waals surface area contributed by atoms with Crippen molar-refractivity contribution in [2.75, 3.05) is 6.61 Å². The number of nitrogens with one attached hydrogen (secondary N) is 1. The van der Waals surface area contributed by atoms with Gasteiger partial charge < -0.3 is 15.0 Å². The van der Waals surface area contributed by atoms with Crippen LogP contribution >= 0.6 is 27.5 Å². The minimum absolute atomic E-state index is 0.000470. The van der Waals surface area contributed by atoms with E-state index in [0.29, 0.717) is 10.8 Å². The van der Waals surface area contributed by atoms with Gasteiger partial charge in [0.25, 0.3) is 5.91 Å². The number of benzene rings is 2. The maximum Gasteiger partial charge on any atom is 0.261 e. The number of hydrogen-bond donors (Lipinski definition) is 1. The number of ether oxygens (including phenoxy) is 1. The van der Waals surface area contributed by atoms with Crippen molar-refractivity contribution >= 4 is 39.3 Å². The number of hydrogen-bond acceptors (Lipinski definition) is 3. The zero-order valence-electron chi connectivity index (χ0n) is 20.5. The van der Waals surface area contributed by atoms with Crippen LogP contribution in [-0.2, 0) is 21.5 Å². The molecule has 0 aliphatic rings. The van der Waals surface area contributed by atoms with Crippen molar-refractivity contribution in [3.8, 4) is 5.75 Å². The second-order valence-electron chi connectivity index (χ2n) is 10.3. The van der Waals surface area contributed by atoms with Crippen molar-refractivity contribution < 1.29 is 14.3 Å². The molecule has 0 heterocycles. The van der Waals surface area contributed by atoms with Crippen LogP contribution in [0.5, 0.6) is 5.75 Å². The molecule has 0 radical (unpaired) electrons. The van der Waals surface area contributed by atoms with E-state index in [1.54, 1.807) is 19.1 Å². The lowest BCUT2D eigenvalue weighted by molar-refractivity contribution is -0.142. The molecule has 0 aliphatic heterocycles. The summed E-state index contributed by atoms with van der Waals surface area (Å²) in [5.41, 5.74) is 1.58. The van der Waals surface area contributed by atoms with Gasteiger partial charge >= 0.3 is 0 Å². The molecular weight excluding hydrogens is 504 g/mol. The summed E-state index contributed by atoms with van der Waals surface area (Å²) in [7, 11) is 0. The topological polar surface area (TPSA) is 58.6 Å². The van der Waals surface area contributed by atoms with E-state index in [1.807, 2.05) is 51.1 Å². The first-order valence-corrected chi connectivity index (χ1v) is 12.1. The smallest absolute Gasteiger partial charge is 0.261 e.